The van der Waals surface area contributed by atoms with Crippen molar-refractivity contribution >= 4 is 5.78 Å². The third-order valence-electron chi connectivity index (χ3n) is 2.06. The summed E-state index contributed by atoms with van der Waals surface area (Å²) in [6, 6.07) is 9.67. The van der Waals surface area contributed by atoms with E-state index < -0.39 is 0 Å². The average Bonchev–Trinajstić information content (AvgIpc) is 2.30. The number of ketones is 1. The lowest BCUT2D eigenvalue weighted by atomic mass is 10.1. The Morgan fingerprint density at radius 3 is 2.53 bits per heavy atom. The van der Waals surface area contributed by atoms with Crippen LogP contribution in [0.4, 0.5) is 0 Å². The molecule has 0 fully saturated rings. The summed E-state index contributed by atoms with van der Waals surface area (Å²) in [7, 11) is 0. The zero-order valence-corrected chi connectivity index (χ0v) is 8.34. The van der Waals surface area contributed by atoms with Gasteiger partial charge in [-0.1, -0.05) is 30.3 Å². The van der Waals surface area contributed by atoms with Crippen LogP contribution in [0.25, 0.3) is 11.3 Å². The number of carbonyl (C=O) groups excluding carboxylic acids is 1. The summed E-state index contributed by atoms with van der Waals surface area (Å²) in [6.45, 7) is 1.48. The minimum atomic E-state index is -0.0692. The molecule has 0 N–H and O–H groups in total. The maximum atomic E-state index is 11.1. The van der Waals surface area contributed by atoms with Crippen molar-refractivity contribution in [2.24, 2.45) is 0 Å². The minimum absolute atomic E-state index is 0.0692. The van der Waals surface area contributed by atoms with E-state index in [2.05, 4.69) is 9.97 Å². The smallest absolute Gasteiger partial charge is 0.179 e. The highest BCUT2D eigenvalue weighted by Gasteiger charge is 2.04. The van der Waals surface area contributed by atoms with Crippen molar-refractivity contribution in [2.75, 3.05) is 0 Å². The van der Waals surface area contributed by atoms with E-state index in [4.69, 9.17) is 0 Å². The molecule has 0 spiro atoms. The van der Waals surface area contributed by atoms with Crippen LogP contribution in [-0.4, -0.2) is 15.8 Å². The molecule has 0 unspecified atom stereocenters. The van der Waals surface area contributed by atoms with E-state index in [1.54, 1.807) is 6.20 Å². The average molecular weight is 198 g/mol. The van der Waals surface area contributed by atoms with Crippen LogP contribution in [0.3, 0.4) is 0 Å². The molecule has 1 aromatic carbocycles. The van der Waals surface area contributed by atoms with Gasteiger partial charge in [0.05, 0.1) is 18.1 Å². The van der Waals surface area contributed by atoms with Gasteiger partial charge in [0, 0.05) is 12.5 Å². The summed E-state index contributed by atoms with van der Waals surface area (Å²) in [5.74, 6) is -0.0692. The summed E-state index contributed by atoms with van der Waals surface area (Å²) < 4.78 is 0. The highest BCUT2D eigenvalue weighted by molar-refractivity contribution is 5.92. The van der Waals surface area contributed by atoms with Gasteiger partial charge in [0.25, 0.3) is 0 Å². The number of rotatable bonds is 2. The molecule has 0 bridgehead atoms. The van der Waals surface area contributed by atoms with E-state index in [1.807, 2.05) is 30.3 Å². The lowest BCUT2D eigenvalue weighted by Gasteiger charge is -2.00. The van der Waals surface area contributed by atoms with Gasteiger partial charge in [-0.2, -0.15) is 0 Å². The van der Waals surface area contributed by atoms with Crippen molar-refractivity contribution in [1.82, 2.24) is 9.97 Å². The topological polar surface area (TPSA) is 42.9 Å². The van der Waals surface area contributed by atoms with Gasteiger partial charge in [-0.15, -0.1) is 0 Å². The maximum absolute atomic E-state index is 11.1. The van der Waals surface area contributed by atoms with Gasteiger partial charge in [-0.05, 0) is 0 Å². The molecule has 2 rings (SSSR count). The molecule has 1 heterocycles. The monoisotopic (exact) mass is 198 g/mol. The number of aromatic nitrogens is 2. The molecule has 15 heavy (non-hydrogen) atoms. The fourth-order valence-electron chi connectivity index (χ4n) is 1.28. The van der Waals surface area contributed by atoms with Crippen LogP contribution in [0.5, 0.6) is 0 Å². The molecule has 74 valence electrons. The largest absolute Gasteiger partial charge is 0.293 e. The highest BCUT2D eigenvalue weighted by atomic mass is 16.1. The molecule has 0 aliphatic carbocycles. The van der Waals surface area contributed by atoms with Gasteiger partial charge < -0.3 is 0 Å². The van der Waals surface area contributed by atoms with Crippen molar-refractivity contribution in [3.8, 4) is 11.3 Å². The van der Waals surface area contributed by atoms with Gasteiger partial charge in [0.1, 0.15) is 5.69 Å². The van der Waals surface area contributed by atoms with E-state index in [1.165, 1.54) is 13.1 Å². The Balaban J connectivity index is 2.46. The van der Waals surface area contributed by atoms with Crippen LogP contribution in [0, 0.1) is 0 Å². The van der Waals surface area contributed by atoms with Crippen LogP contribution >= 0.6 is 0 Å². The van der Waals surface area contributed by atoms with Gasteiger partial charge in [0.2, 0.25) is 0 Å². The molecule has 2 aromatic rings. The zero-order valence-electron chi connectivity index (χ0n) is 8.34. The van der Waals surface area contributed by atoms with E-state index in [-0.39, 0.29) is 5.78 Å². The normalized spacial score (nSPS) is 9.93. The predicted octanol–water partition coefficient (Wildman–Crippen LogP) is 2.35. The van der Waals surface area contributed by atoms with Crippen molar-refractivity contribution in [3.63, 3.8) is 0 Å². The molecule has 1 aromatic heterocycles. The van der Waals surface area contributed by atoms with Crippen molar-refractivity contribution < 1.29 is 4.79 Å². The van der Waals surface area contributed by atoms with E-state index in [0.717, 1.165) is 11.3 Å². The Morgan fingerprint density at radius 2 is 1.87 bits per heavy atom. The third kappa shape index (κ3) is 2.07. The first-order valence-corrected chi connectivity index (χ1v) is 4.66. The Morgan fingerprint density at radius 1 is 1.13 bits per heavy atom. The molecule has 3 nitrogen and oxygen atoms in total. The van der Waals surface area contributed by atoms with Crippen molar-refractivity contribution in [3.05, 3.63) is 48.4 Å². The second-order valence-corrected chi connectivity index (χ2v) is 3.21. The predicted molar refractivity (Wildman–Crippen MR) is 57.5 cm³/mol. The van der Waals surface area contributed by atoms with Gasteiger partial charge in [-0.25, -0.2) is 4.98 Å². The van der Waals surface area contributed by atoms with Gasteiger partial charge in [0.15, 0.2) is 5.78 Å². The zero-order chi connectivity index (χ0) is 10.7. The molecular weight excluding hydrogens is 188 g/mol. The van der Waals surface area contributed by atoms with E-state index >= 15 is 0 Å². The number of hydrogen-bond acceptors (Lipinski definition) is 3. The van der Waals surface area contributed by atoms with Crippen LogP contribution in [-0.2, 0) is 0 Å². The van der Waals surface area contributed by atoms with Crippen molar-refractivity contribution in [1.29, 1.82) is 0 Å². The fraction of sp³-hybridized carbons (Fsp3) is 0.0833. The first-order chi connectivity index (χ1) is 7.27. The Kier molecular flexibility index (Phi) is 2.54. The SMILES string of the molecule is CC(=O)c1cncc(-c2ccccc2)n1. The molecule has 0 amide bonds. The minimum Gasteiger partial charge on any atom is -0.293 e. The van der Waals surface area contributed by atoms with Crippen LogP contribution < -0.4 is 0 Å². The highest BCUT2D eigenvalue weighted by Crippen LogP contribution is 2.15. The number of carbonyl (C=O) groups is 1. The first-order valence-electron chi connectivity index (χ1n) is 4.66. The lowest BCUT2D eigenvalue weighted by Crippen LogP contribution is -1.98. The van der Waals surface area contributed by atoms with Crippen LogP contribution in [0.2, 0.25) is 0 Å². The molecular formula is C12H10N2O. The quantitative estimate of drug-likeness (QED) is 0.695. The second kappa shape index (κ2) is 4.00. The molecule has 0 saturated carbocycles. The number of nitrogens with zero attached hydrogens (tertiary/aromatic N) is 2. The third-order valence-corrected chi connectivity index (χ3v) is 2.06. The standard InChI is InChI=1S/C12H10N2O/c1-9(15)11-7-13-8-12(14-11)10-5-3-2-4-6-10/h2-8H,1H3. The van der Waals surface area contributed by atoms with Crippen LogP contribution in [0.1, 0.15) is 17.4 Å². The van der Waals surface area contributed by atoms with Crippen molar-refractivity contribution in [2.45, 2.75) is 6.92 Å². The summed E-state index contributed by atoms with van der Waals surface area (Å²) in [4.78, 5) is 19.4. The van der Waals surface area contributed by atoms with E-state index in [0.29, 0.717) is 5.69 Å². The maximum Gasteiger partial charge on any atom is 0.179 e. The Bertz CT molecular complexity index is 480. The number of hydrogen-bond donors (Lipinski definition) is 0. The Hall–Kier alpha value is -2.03. The summed E-state index contributed by atoms with van der Waals surface area (Å²) in [6.07, 6.45) is 3.14. The molecule has 0 atom stereocenters. The summed E-state index contributed by atoms with van der Waals surface area (Å²) in [5, 5.41) is 0. The molecule has 0 aliphatic heterocycles. The van der Waals surface area contributed by atoms with Gasteiger partial charge in [-0.3, -0.25) is 9.78 Å². The Labute approximate surface area is 87.8 Å². The van der Waals surface area contributed by atoms with Crippen LogP contribution in [0.15, 0.2) is 42.7 Å². The first kappa shape index (κ1) is 9.52. The second-order valence-electron chi connectivity index (χ2n) is 3.21. The molecule has 0 radical (unpaired) electrons. The fourth-order valence-corrected chi connectivity index (χ4v) is 1.28. The van der Waals surface area contributed by atoms with E-state index in [9.17, 15) is 4.79 Å². The molecule has 0 aliphatic rings. The molecule has 0 saturated heterocycles. The van der Waals surface area contributed by atoms with Gasteiger partial charge >= 0.3 is 0 Å². The molecule has 3 heteroatoms. The number of benzene rings is 1. The number of Topliss-reactive ketones (excluding diaryl/α,β-unsaturated/α-hetero) is 1. The summed E-state index contributed by atoms with van der Waals surface area (Å²) in [5.41, 5.74) is 2.09. The lowest BCUT2D eigenvalue weighted by molar-refractivity contribution is 0.101. The summed E-state index contributed by atoms with van der Waals surface area (Å²) >= 11 is 0.